The van der Waals surface area contributed by atoms with E-state index < -0.39 is 17.2 Å². The molecule has 0 aliphatic carbocycles. The van der Waals surface area contributed by atoms with E-state index in [2.05, 4.69) is 10.6 Å². The first kappa shape index (κ1) is 19.8. The monoisotopic (exact) mass is 401 g/mol. The van der Waals surface area contributed by atoms with Crippen LogP contribution in [0.25, 0.3) is 0 Å². The normalized spacial score (nSPS) is 20.8. The highest BCUT2D eigenvalue weighted by molar-refractivity contribution is 6.01. The summed E-state index contributed by atoms with van der Waals surface area (Å²) in [7, 11) is 0. The van der Waals surface area contributed by atoms with E-state index in [0.717, 1.165) is 31.4 Å². The van der Waals surface area contributed by atoms with Crippen molar-refractivity contribution in [3.63, 3.8) is 0 Å². The molecular formula is C22H25F2N3O2. The summed E-state index contributed by atoms with van der Waals surface area (Å²) < 4.78 is 28.7. The fourth-order valence-corrected chi connectivity index (χ4v) is 4.15. The van der Waals surface area contributed by atoms with Gasteiger partial charge < -0.3 is 20.6 Å². The Labute approximate surface area is 168 Å². The Morgan fingerprint density at radius 2 is 2.00 bits per heavy atom. The lowest BCUT2D eigenvalue weighted by Crippen LogP contribution is -2.72. The number of aryl methyl sites for hydroxylation is 1. The molecule has 2 aliphatic heterocycles. The zero-order valence-electron chi connectivity index (χ0n) is 16.3. The standard InChI is InChI=1S/C22H25F2N3O2/c1-14-8-9-18(17(24)11-14)26-20-15(5-4-6-16(20)23)21(28)27-12-22(29,13-27)19-7-2-3-10-25-19/h4-6,8-9,11,19,25-26,29H,2-3,7,10,12-13H2,1H3/t19-/m0/s1. The van der Waals surface area contributed by atoms with Gasteiger partial charge in [-0.25, -0.2) is 8.78 Å². The first-order valence-electron chi connectivity index (χ1n) is 9.94. The maximum atomic E-state index is 14.5. The molecule has 1 atom stereocenters. The highest BCUT2D eigenvalue weighted by atomic mass is 19.1. The van der Waals surface area contributed by atoms with Crippen molar-refractivity contribution in [2.45, 2.75) is 37.8 Å². The Balaban J connectivity index is 1.53. The molecular weight excluding hydrogens is 376 g/mol. The van der Waals surface area contributed by atoms with Gasteiger partial charge in [-0.3, -0.25) is 4.79 Å². The minimum Gasteiger partial charge on any atom is -0.385 e. The van der Waals surface area contributed by atoms with E-state index in [1.807, 2.05) is 0 Å². The van der Waals surface area contributed by atoms with Gasteiger partial charge in [0.15, 0.2) is 0 Å². The van der Waals surface area contributed by atoms with Gasteiger partial charge in [0.05, 0.1) is 30.0 Å². The largest absolute Gasteiger partial charge is 0.385 e. The molecule has 1 amide bonds. The van der Waals surface area contributed by atoms with Crippen LogP contribution in [0, 0.1) is 18.6 Å². The van der Waals surface area contributed by atoms with Crippen LogP contribution in [-0.2, 0) is 0 Å². The van der Waals surface area contributed by atoms with Crippen molar-refractivity contribution in [2.75, 3.05) is 25.0 Å². The Bertz CT molecular complexity index is 922. The zero-order chi connectivity index (χ0) is 20.6. The molecule has 2 fully saturated rings. The number of amides is 1. The number of carbonyl (C=O) groups is 1. The van der Waals surface area contributed by atoms with Gasteiger partial charge >= 0.3 is 0 Å². The second-order valence-electron chi connectivity index (χ2n) is 8.04. The lowest BCUT2D eigenvalue weighted by molar-refractivity contribution is -0.108. The number of para-hydroxylation sites is 1. The predicted molar refractivity (Wildman–Crippen MR) is 107 cm³/mol. The Morgan fingerprint density at radius 1 is 1.21 bits per heavy atom. The number of aliphatic hydroxyl groups is 1. The second kappa shape index (κ2) is 7.72. The third-order valence-electron chi connectivity index (χ3n) is 5.80. The number of halogens is 2. The highest BCUT2D eigenvalue weighted by Crippen LogP contribution is 2.33. The average molecular weight is 401 g/mol. The SMILES string of the molecule is Cc1ccc(Nc2c(F)cccc2C(=O)N2CC(O)([C@@H]3CCCCN3)C2)c(F)c1. The maximum absolute atomic E-state index is 14.5. The van der Waals surface area contributed by atoms with Crippen molar-refractivity contribution in [1.29, 1.82) is 0 Å². The molecule has 7 heteroatoms. The molecule has 0 radical (unpaired) electrons. The number of nitrogens with one attached hydrogen (secondary N) is 2. The fourth-order valence-electron chi connectivity index (χ4n) is 4.15. The second-order valence-corrected chi connectivity index (χ2v) is 8.04. The smallest absolute Gasteiger partial charge is 0.256 e. The van der Waals surface area contributed by atoms with Crippen LogP contribution in [0.5, 0.6) is 0 Å². The highest BCUT2D eigenvalue weighted by Gasteiger charge is 2.49. The van der Waals surface area contributed by atoms with Crippen molar-refractivity contribution < 1.29 is 18.7 Å². The van der Waals surface area contributed by atoms with Crippen LogP contribution in [-0.4, -0.2) is 47.2 Å². The van der Waals surface area contributed by atoms with E-state index in [-0.39, 0.29) is 42.0 Å². The summed E-state index contributed by atoms with van der Waals surface area (Å²) in [6, 6.07) is 8.72. The first-order chi connectivity index (χ1) is 13.9. The summed E-state index contributed by atoms with van der Waals surface area (Å²) in [6.45, 7) is 3.01. The lowest BCUT2D eigenvalue weighted by Gasteiger charge is -2.51. The molecule has 4 rings (SSSR count). The third-order valence-corrected chi connectivity index (χ3v) is 5.80. The van der Waals surface area contributed by atoms with E-state index in [1.54, 1.807) is 13.0 Å². The molecule has 5 nitrogen and oxygen atoms in total. The number of anilines is 2. The number of hydrogen-bond donors (Lipinski definition) is 3. The number of benzene rings is 2. The molecule has 2 aromatic rings. The molecule has 0 unspecified atom stereocenters. The molecule has 2 heterocycles. The van der Waals surface area contributed by atoms with E-state index in [1.165, 1.54) is 35.2 Å². The first-order valence-corrected chi connectivity index (χ1v) is 9.94. The molecule has 2 aliphatic rings. The summed E-state index contributed by atoms with van der Waals surface area (Å²) in [5.41, 5.74) is -0.0643. The van der Waals surface area contributed by atoms with Gasteiger partial charge in [0.1, 0.15) is 17.2 Å². The lowest BCUT2D eigenvalue weighted by atomic mass is 9.81. The number of piperidine rings is 1. The quantitative estimate of drug-likeness (QED) is 0.735. The van der Waals surface area contributed by atoms with Crippen LogP contribution in [0.1, 0.15) is 35.2 Å². The third kappa shape index (κ3) is 3.84. The summed E-state index contributed by atoms with van der Waals surface area (Å²) in [6.07, 6.45) is 3.01. The van der Waals surface area contributed by atoms with Crippen LogP contribution in [0.4, 0.5) is 20.2 Å². The Kier molecular flexibility index (Phi) is 5.27. The van der Waals surface area contributed by atoms with Gasteiger partial charge in [-0.05, 0) is 56.1 Å². The summed E-state index contributed by atoms with van der Waals surface area (Å²) >= 11 is 0. The molecule has 2 aromatic carbocycles. The molecule has 0 bridgehead atoms. The van der Waals surface area contributed by atoms with Gasteiger partial charge in [-0.2, -0.15) is 0 Å². The van der Waals surface area contributed by atoms with Crippen molar-refractivity contribution in [3.8, 4) is 0 Å². The number of nitrogens with zero attached hydrogens (tertiary/aromatic N) is 1. The van der Waals surface area contributed by atoms with Gasteiger partial charge in [0.25, 0.3) is 5.91 Å². The Morgan fingerprint density at radius 3 is 2.69 bits per heavy atom. The average Bonchev–Trinajstić information content (AvgIpc) is 2.69. The van der Waals surface area contributed by atoms with Crippen molar-refractivity contribution >= 4 is 17.3 Å². The number of likely N-dealkylation sites (tertiary alicyclic amines) is 1. The van der Waals surface area contributed by atoms with Crippen molar-refractivity contribution in [3.05, 3.63) is 59.2 Å². The predicted octanol–water partition coefficient (Wildman–Crippen LogP) is 3.35. The van der Waals surface area contributed by atoms with Crippen LogP contribution in [0.3, 0.4) is 0 Å². The maximum Gasteiger partial charge on any atom is 0.256 e. The van der Waals surface area contributed by atoms with Crippen LogP contribution >= 0.6 is 0 Å². The van der Waals surface area contributed by atoms with Gasteiger partial charge in [-0.15, -0.1) is 0 Å². The molecule has 3 N–H and O–H groups in total. The zero-order valence-corrected chi connectivity index (χ0v) is 16.3. The van der Waals surface area contributed by atoms with Crippen LogP contribution in [0.15, 0.2) is 36.4 Å². The number of hydrogen-bond acceptors (Lipinski definition) is 4. The molecule has 29 heavy (non-hydrogen) atoms. The van der Waals surface area contributed by atoms with E-state index in [0.29, 0.717) is 0 Å². The van der Waals surface area contributed by atoms with Gasteiger partial charge in [0, 0.05) is 6.04 Å². The molecule has 2 saturated heterocycles. The fraction of sp³-hybridized carbons (Fsp3) is 0.409. The molecule has 0 spiro atoms. The Hall–Kier alpha value is -2.51. The topological polar surface area (TPSA) is 64.6 Å². The van der Waals surface area contributed by atoms with Gasteiger partial charge in [-0.1, -0.05) is 18.6 Å². The van der Waals surface area contributed by atoms with Crippen LogP contribution in [0.2, 0.25) is 0 Å². The minimum absolute atomic E-state index is 0.0351. The van der Waals surface area contributed by atoms with E-state index >= 15 is 0 Å². The van der Waals surface area contributed by atoms with E-state index in [4.69, 9.17) is 0 Å². The number of rotatable bonds is 4. The summed E-state index contributed by atoms with van der Waals surface area (Å²) in [5, 5.41) is 16.9. The molecule has 0 aromatic heterocycles. The minimum atomic E-state index is -0.958. The molecule has 0 saturated carbocycles. The van der Waals surface area contributed by atoms with Crippen molar-refractivity contribution in [1.82, 2.24) is 10.2 Å². The summed E-state index contributed by atoms with van der Waals surface area (Å²) in [4.78, 5) is 14.5. The van der Waals surface area contributed by atoms with Gasteiger partial charge in [0.2, 0.25) is 0 Å². The van der Waals surface area contributed by atoms with E-state index in [9.17, 15) is 18.7 Å². The van der Waals surface area contributed by atoms with Crippen molar-refractivity contribution in [2.24, 2.45) is 0 Å². The number of β-amino-alcohol motifs (C(OH)–C–C–N with tert-alkyl or cyclic N) is 1. The molecule has 154 valence electrons. The number of carbonyl (C=O) groups excluding carboxylic acids is 1. The van der Waals surface area contributed by atoms with Crippen LogP contribution < -0.4 is 10.6 Å². The summed E-state index contributed by atoms with van der Waals surface area (Å²) in [5.74, 6) is -1.55.